The molecule has 0 aromatic carbocycles. The van der Waals surface area contributed by atoms with Crippen molar-refractivity contribution in [2.45, 2.75) is 13.3 Å². The van der Waals surface area contributed by atoms with Gasteiger partial charge in [-0.3, -0.25) is 14.9 Å². The number of hydrogen-bond acceptors (Lipinski definition) is 7. The van der Waals surface area contributed by atoms with Crippen molar-refractivity contribution in [3.05, 3.63) is 15.8 Å². The van der Waals surface area contributed by atoms with Gasteiger partial charge in [0.15, 0.2) is 0 Å². The lowest BCUT2D eigenvalue weighted by atomic mass is 10.3. The zero-order chi connectivity index (χ0) is 14.0. The average molecular weight is 266 g/mol. The lowest BCUT2D eigenvalue weighted by Gasteiger charge is -2.20. The summed E-state index contributed by atoms with van der Waals surface area (Å²) in [6.45, 7) is 2.74. The van der Waals surface area contributed by atoms with Crippen molar-refractivity contribution in [3.8, 4) is 0 Å². The van der Waals surface area contributed by atoms with E-state index < -0.39 is 4.92 Å². The predicted molar refractivity (Wildman–Crippen MR) is 67.7 cm³/mol. The maximum absolute atomic E-state index is 11.3. The number of nitro groups is 1. The molecule has 0 bridgehead atoms. The van der Waals surface area contributed by atoms with Gasteiger partial charge in [-0.2, -0.15) is 4.98 Å². The van der Waals surface area contributed by atoms with E-state index in [1.165, 1.54) is 6.92 Å². The Morgan fingerprint density at radius 2 is 2.16 bits per heavy atom. The lowest BCUT2D eigenvalue weighted by molar-refractivity contribution is -0.385. The quantitative estimate of drug-likeness (QED) is 0.550. The van der Waals surface area contributed by atoms with Crippen LogP contribution in [0.1, 0.15) is 12.1 Å². The van der Waals surface area contributed by atoms with Crippen LogP contribution in [0.2, 0.25) is 0 Å². The standard InChI is InChI=1S/C10H14N6O3/c1-6-8(16(18)19)9(14-10(11)13-6)15-4-2-7(17)12-3-5-15/h2-5H2,1H3,(H,12,17)(H2,11,13,14). The van der Waals surface area contributed by atoms with Crippen molar-refractivity contribution in [1.82, 2.24) is 15.3 Å². The Morgan fingerprint density at radius 3 is 2.84 bits per heavy atom. The van der Waals surface area contributed by atoms with Crippen molar-refractivity contribution in [3.63, 3.8) is 0 Å². The predicted octanol–water partition coefficient (Wildman–Crippen LogP) is -0.398. The molecule has 102 valence electrons. The highest BCUT2D eigenvalue weighted by molar-refractivity contribution is 5.77. The molecule has 1 amide bonds. The third-order valence-corrected chi connectivity index (χ3v) is 2.85. The molecule has 1 aromatic rings. The average Bonchev–Trinajstić information content (AvgIpc) is 2.52. The Balaban J connectivity index is 2.42. The van der Waals surface area contributed by atoms with Crippen LogP contribution in [-0.2, 0) is 4.79 Å². The van der Waals surface area contributed by atoms with E-state index >= 15 is 0 Å². The van der Waals surface area contributed by atoms with E-state index in [0.29, 0.717) is 19.6 Å². The Kier molecular flexibility index (Phi) is 3.45. The second-order valence-electron chi connectivity index (χ2n) is 4.18. The third kappa shape index (κ3) is 2.69. The van der Waals surface area contributed by atoms with Crippen LogP contribution < -0.4 is 16.0 Å². The number of anilines is 2. The minimum atomic E-state index is -0.524. The maximum Gasteiger partial charge on any atom is 0.332 e. The number of nitrogens with zero attached hydrogens (tertiary/aromatic N) is 4. The van der Waals surface area contributed by atoms with E-state index in [1.807, 2.05) is 0 Å². The Bertz CT molecular complexity index is 532. The molecule has 2 rings (SSSR count). The van der Waals surface area contributed by atoms with Gasteiger partial charge in [-0.15, -0.1) is 0 Å². The lowest BCUT2D eigenvalue weighted by Crippen LogP contribution is -2.30. The summed E-state index contributed by atoms with van der Waals surface area (Å²) in [7, 11) is 0. The third-order valence-electron chi connectivity index (χ3n) is 2.85. The number of carbonyl (C=O) groups excluding carboxylic acids is 1. The second-order valence-corrected chi connectivity index (χ2v) is 4.18. The maximum atomic E-state index is 11.3. The fraction of sp³-hybridized carbons (Fsp3) is 0.500. The molecule has 9 heteroatoms. The molecule has 1 saturated heterocycles. The number of rotatable bonds is 2. The number of aryl methyl sites for hydroxylation is 1. The van der Waals surface area contributed by atoms with Gasteiger partial charge in [0.2, 0.25) is 17.7 Å². The van der Waals surface area contributed by atoms with Crippen molar-refractivity contribution >= 4 is 23.4 Å². The van der Waals surface area contributed by atoms with Gasteiger partial charge >= 0.3 is 5.69 Å². The van der Waals surface area contributed by atoms with Crippen LogP contribution in [0.4, 0.5) is 17.5 Å². The summed E-state index contributed by atoms with van der Waals surface area (Å²) in [5.41, 5.74) is 5.60. The van der Waals surface area contributed by atoms with Crippen LogP contribution in [-0.4, -0.2) is 40.4 Å². The number of nitrogens with two attached hydrogens (primary N) is 1. The van der Waals surface area contributed by atoms with Crippen LogP contribution in [0.5, 0.6) is 0 Å². The van der Waals surface area contributed by atoms with Crippen LogP contribution in [0.25, 0.3) is 0 Å². The topological polar surface area (TPSA) is 127 Å². The van der Waals surface area contributed by atoms with E-state index in [4.69, 9.17) is 5.73 Å². The Morgan fingerprint density at radius 1 is 1.42 bits per heavy atom. The van der Waals surface area contributed by atoms with Gasteiger partial charge in [0.25, 0.3) is 0 Å². The first-order valence-corrected chi connectivity index (χ1v) is 5.79. The summed E-state index contributed by atoms with van der Waals surface area (Å²) in [6, 6.07) is 0. The summed E-state index contributed by atoms with van der Waals surface area (Å²) in [5, 5.41) is 13.8. The first-order valence-electron chi connectivity index (χ1n) is 5.79. The van der Waals surface area contributed by atoms with Crippen molar-refractivity contribution in [2.24, 2.45) is 0 Å². The van der Waals surface area contributed by atoms with Crippen molar-refractivity contribution in [1.29, 1.82) is 0 Å². The normalized spacial score (nSPS) is 15.8. The smallest absolute Gasteiger partial charge is 0.332 e. The van der Waals surface area contributed by atoms with Crippen LogP contribution in [0.15, 0.2) is 0 Å². The highest BCUT2D eigenvalue weighted by atomic mass is 16.6. The number of hydrogen-bond donors (Lipinski definition) is 2. The van der Waals surface area contributed by atoms with E-state index in [1.54, 1.807) is 4.90 Å². The Hall–Kier alpha value is -2.45. The summed E-state index contributed by atoms with van der Waals surface area (Å²) in [4.78, 5) is 31.3. The molecule has 0 saturated carbocycles. The highest BCUT2D eigenvalue weighted by Gasteiger charge is 2.27. The zero-order valence-corrected chi connectivity index (χ0v) is 10.4. The molecule has 0 unspecified atom stereocenters. The van der Waals surface area contributed by atoms with E-state index in [-0.39, 0.29) is 35.5 Å². The second kappa shape index (κ2) is 5.04. The van der Waals surface area contributed by atoms with Crippen LogP contribution in [0.3, 0.4) is 0 Å². The van der Waals surface area contributed by atoms with Gasteiger partial charge in [-0.05, 0) is 6.92 Å². The number of nitrogen functional groups attached to an aromatic ring is 1. The summed E-state index contributed by atoms with van der Waals surface area (Å²) < 4.78 is 0. The van der Waals surface area contributed by atoms with E-state index in [0.717, 1.165) is 0 Å². The molecule has 0 aliphatic carbocycles. The molecular formula is C10H14N6O3. The zero-order valence-electron chi connectivity index (χ0n) is 10.4. The fourth-order valence-electron chi connectivity index (χ4n) is 1.99. The molecule has 3 N–H and O–H groups in total. The molecule has 9 nitrogen and oxygen atoms in total. The van der Waals surface area contributed by atoms with Gasteiger partial charge in [0.1, 0.15) is 5.69 Å². The largest absolute Gasteiger partial charge is 0.368 e. The summed E-state index contributed by atoms with van der Waals surface area (Å²) >= 11 is 0. The molecule has 1 aliphatic rings. The van der Waals surface area contributed by atoms with Gasteiger partial charge in [-0.25, -0.2) is 4.98 Å². The first-order chi connectivity index (χ1) is 8.99. The van der Waals surface area contributed by atoms with E-state index in [2.05, 4.69) is 15.3 Å². The first kappa shape index (κ1) is 13.0. The molecule has 2 heterocycles. The van der Waals surface area contributed by atoms with Crippen molar-refractivity contribution < 1.29 is 9.72 Å². The molecule has 1 aromatic heterocycles. The van der Waals surface area contributed by atoms with E-state index in [9.17, 15) is 14.9 Å². The summed E-state index contributed by atoms with van der Waals surface area (Å²) in [6.07, 6.45) is 0.264. The van der Waals surface area contributed by atoms with Crippen LogP contribution >= 0.6 is 0 Å². The molecule has 0 spiro atoms. The molecule has 0 radical (unpaired) electrons. The minimum absolute atomic E-state index is 0.0124. The fourth-order valence-corrected chi connectivity index (χ4v) is 1.99. The van der Waals surface area contributed by atoms with Gasteiger partial charge < -0.3 is 16.0 Å². The van der Waals surface area contributed by atoms with Gasteiger partial charge in [0.05, 0.1) is 4.92 Å². The number of amides is 1. The number of aromatic nitrogens is 2. The number of nitrogens with one attached hydrogen (secondary N) is 1. The monoisotopic (exact) mass is 266 g/mol. The van der Waals surface area contributed by atoms with Gasteiger partial charge in [-0.1, -0.05) is 0 Å². The van der Waals surface area contributed by atoms with Gasteiger partial charge in [0, 0.05) is 26.1 Å². The SMILES string of the molecule is Cc1nc(N)nc(N2CCNC(=O)CC2)c1[N+](=O)[O-]. The molecule has 1 aliphatic heterocycles. The van der Waals surface area contributed by atoms with Crippen LogP contribution in [0, 0.1) is 17.0 Å². The highest BCUT2D eigenvalue weighted by Crippen LogP contribution is 2.29. The molecular weight excluding hydrogens is 252 g/mol. The molecule has 0 atom stereocenters. The summed E-state index contributed by atoms with van der Waals surface area (Å²) in [5.74, 6) is 0.0806. The molecule has 19 heavy (non-hydrogen) atoms. The number of carbonyl (C=O) groups is 1. The Labute approximate surface area is 109 Å². The minimum Gasteiger partial charge on any atom is -0.368 e. The molecule has 1 fully saturated rings. The van der Waals surface area contributed by atoms with Crippen molar-refractivity contribution in [2.75, 3.05) is 30.3 Å².